The van der Waals surface area contributed by atoms with Gasteiger partial charge in [0, 0.05) is 12.0 Å². The standard InChI is InChI=1S/C23H21F2NO3S.C4H6N2O2/c1-15(2)16-4-3-5-19(12-16)30(27,28)26-10-11-29-23-9-6-17(13-22(23)26)20-14-18(24)7-8-21(20)25;1-2-3-5-6-4(7)8-3/h3-9,12-15H,10-11H2,1-2H3;2H2,1H3,(H,6,7). The summed E-state index contributed by atoms with van der Waals surface area (Å²) in [7, 11) is -3.86. The summed E-state index contributed by atoms with van der Waals surface area (Å²) in [6.45, 7) is 6.17. The summed E-state index contributed by atoms with van der Waals surface area (Å²) >= 11 is 0. The lowest BCUT2D eigenvalue weighted by Gasteiger charge is -2.31. The first-order valence-corrected chi connectivity index (χ1v) is 13.4. The number of hydrogen-bond acceptors (Lipinski definition) is 6. The predicted octanol–water partition coefficient (Wildman–Crippen LogP) is 5.27. The first-order chi connectivity index (χ1) is 18.1. The maximum absolute atomic E-state index is 14.3. The van der Waals surface area contributed by atoms with Gasteiger partial charge in [-0.1, -0.05) is 39.0 Å². The van der Waals surface area contributed by atoms with Gasteiger partial charge in [-0.3, -0.25) is 4.31 Å². The van der Waals surface area contributed by atoms with Gasteiger partial charge in [0.15, 0.2) is 0 Å². The zero-order valence-electron chi connectivity index (χ0n) is 21.1. The molecule has 1 aliphatic heterocycles. The van der Waals surface area contributed by atoms with Crippen molar-refractivity contribution in [2.75, 3.05) is 17.5 Å². The summed E-state index contributed by atoms with van der Waals surface area (Å²) in [6.07, 6.45) is 0.652. The largest absolute Gasteiger partial charge is 0.489 e. The van der Waals surface area contributed by atoms with Crippen LogP contribution < -0.4 is 14.8 Å². The molecule has 8 nitrogen and oxygen atoms in total. The Kier molecular flexibility index (Phi) is 7.96. The molecule has 0 fully saturated rings. The smallest absolute Gasteiger partial charge is 0.434 e. The number of benzene rings is 3. The fourth-order valence-corrected chi connectivity index (χ4v) is 5.41. The highest BCUT2D eigenvalue weighted by Gasteiger charge is 2.31. The van der Waals surface area contributed by atoms with E-state index in [4.69, 9.17) is 4.74 Å². The number of ether oxygens (including phenoxy) is 1. The fraction of sp³-hybridized carbons (Fsp3) is 0.259. The normalized spacial score (nSPS) is 12.9. The number of aromatic nitrogens is 2. The van der Waals surface area contributed by atoms with Crippen LogP contribution in [0, 0.1) is 11.6 Å². The Morgan fingerprint density at radius 3 is 2.53 bits per heavy atom. The Bertz CT molecular complexity index is 1600. The van der Waals surface area contributed by atoms with Gasteiger partial charge in [-0.05, 0) is 59.5 Å². The Labute approximate surface area is 218 Å². The third kappa shape index (κ3) is 5.77. The van der Waals surface area contributed by atoms with E-state index in [1.165, 1.54) is 10.4 Å². The Balaban J connectivity index is 0.000000360. The molecule has 1 aromatic heterocycles. The van der Waals surface area contributed by atoms with Crippen molar-refractivity contribution >= 4 is 15.7 Å². The Morgan fingerprint density at radius 1 is 1.08 bits per heavy atom. The summed E-state index contributed by atoms with van der Waals surface area (Å²) in [5.74, 6) is -0.635. The van der Waals surface area contributed by atoms with Crippen LogP contribution in [0.5, 0.6) is 5.75 Å². The van der Waals surface area contributed by atoms with Gasteiger partial charge in [-0.15, -0.1) is 5.10 Å². The van der Waals surface area contributed by atoms with Crippen LogP contribution in [0.15, 0.2) is 74.8 Å². The van der Waals surface area contributed by atoms with Crippen LogP contribution in [0.2, 0.25) is 0 Å². The van der Waals surface area contributed by atoms with Crippen LogP contribution in [0.25, 0.3) is 11.1 Å². The molecule has 2 heterocycles. The lowest BCUT2D eigenvalue weighted by molar-refractivity contribution is 0.316. The fourth-order valence-electron chi connectivity index (χ4n) is 3.90. The molecule has 4 aromatic rings. The molecule has 0 unspecified atom stereocenters. The average molecular weight is 544 g/mol. The van der Waals surface area contributed by atoms with Crippen LogP contribution in [0.4, 0.5) is 14.5 Å². The second-order valence-corrected chi connectivity index (χ2v) is 10.7. The molecule has 0 saturated heterocycles. The number of hydrogen-bond donors (Lipinski definition) is 1. The van der Waals surface area contributed by atoms with E-state index in [1.54, 1.807) is 30.3 Å². The molecule has 11 heteroatoms. The molecule has 0 atom stereocenters. The highest BCUT2D eigenvalue weighted by molar-refractivity contribution is 7.92. The van der Waals surface area contributed by atoms with Crippen molar-refractivity contribution in [1.29, 1.82) is 0 Å². The summed E-state index contributed by atoms with van der Waals surface area (Å²) < 4.78 is 66.2. The molecule has 0 aliphatic carbocycles. The van der Waals surface area contributed by atoms with E-state index in [2.05, 4.69) is 14.6 Å². The van der Waals surface area contributed by atoms with Crippen molar-refractivity contribution in [2.45, 2.75) is 38.0 Å². The SMILES string of the molecule is CC(C)c1cccc(S(=O)(=O)N2CCOc3ccc(-c4cc(F)ccc4F)cc32)c1.CCc1n[nH]c(=O)o1. The van der Waals surface area contributed by atoms with Gasteiger partial charge >= 0.3 is 5.76 Å². The van der Waals surface area contributed by atoms with Gasteiger partial charge in [0.1, 0.15) is 24.0 Å². The van der Waals surface area contributed by atoms with E-state index >= 15 is 0 Å². The molecule has 1 aliphatic rings. The van der Waals surface area contributed by atoms with Crippen molar-refractivity contribution in [3.05, 3.63) is 94.3 Å². The lowest BCUT2D eigenvalue weighted by atomic mass is 10.0. The monoisotopic (exact) mass is 543 g/mol. The van der Waals surface area contributed by atoms with Crippen LogP contribution in [0.1, 0.15) is 38.1 Å². The van der Waals surface area contributed by atoms with Gasteiger partial charge in [0.05, 0.1) is 17.1 Å². The van der Waals surface area contributed by atoms with Crippen LogP contribution in [0.3, 0.4) is 0 Å². The summed E-state index contributed by atoms with van der Waals surface area (Å²) in [5, 5.41) is 5.68. The Morgan fingerprint density at radius 2 is 1.87 bits per heavy atom. The van der Waals surface area contributed by atoms with Crippen LogP contribution in [-0.2, 0) is 16.4 Å². The van der Waals surface area contributed by atoms with E-state index in [9.17, 15) is 22.0 Å². The van der Waals surface area contributed by atoms with Gasteiger partial charge in [0.2, 0.25) is 5.89 Å². The second kappa shape index (κ2) is 11.2. The van der Waals surface area contributed by atoms with Crippen molar-refractivity contribution in [1.82, 2.24) is 10.2 Å². The average Bonchev–Trinajstić information content (AvgIpc) is 3.35. The third-order valence-electron chi connectivity index (χ3n) is 5.92. The topological polar surface area (TPSA) is 105 Å². The van der Waals surface area contributed by atoms with Crippen LogP contribution in [-0.4, -0.2) is 31.8 Å². The van der Waals surface area contributed by atoms with E-state index in [1.807, 2.05) is 26.8 Å². The summed E-state index contributed by atoms with van der Waals surface area (Å²) in [4.78, 5) is 10.3. The molecule has 0 radical (unpaired) electrons. The number of fused-ring (bicyclic) bond motifs is 1. The highest BCUT2D eigenvalue weighted by Crippen LogP contribution is 2.39. The first-order valence-electron chi connectivity index (χ1n) is 12.0. The molecule has 0 bridgehead atoms. The van der Waals surface area contributed by atoms with Gasteiger partial charge in [0.25, 0.3) is 10.0 Å². The van der Waals surface area contributed by atoms with Gasteiger partial charge < -0.3 is 9.15 Å². The number of H-pyrrole nitrogens is 1. The molecule has 200 valence electrons. The van der Waals surface area contributed by atoms with Crippen molar-refractivity contribution in [3.63, 3.8) is 0 Å². The molecule has 5 rings (SSSR count). The second-order valence-electron chi connectivity index (χ2n) is 8.82. The molecular formula is C27H27F2N3O5S. The quantitative estimate of drug-likeness (QED) is 0.368. The number of rotatable bonds is 5. The van der Waals surface area contributed by atoms with Crippen LogP contribution >= 0.6 is 0 Å². The molecule has 38 heavy (non-hydrogen) atoms. The molecule has 0 amide bonds. The lowest BCUT2D eigenvalue weighted by Crippen LogP contribution is -2.38. The number of sulfonamides is 1. The minimum absolute atomic E-state index is 0.0579. The number of nitrogens with one attached hydrogen (secondary N) is 1. The van der Waals surface area contributed by atoms with Crippen molar-refractivity contribution < 1.29 is 26.4 Å². The molecule has 0 spiro atoms. The highest BCUT2D eigenvalue weighted by atomic mass is 32.2. The number of aryl methyl sites for hydroxylation is 1. The minimum Gasteiger partial charge on any atom is -0.489 e. The first kappa shape index (κ1) is 27.1. The number of nitrogens with zero attached hydrogens (tertiary/aromatic N) is 2. The summed E-state index contributed by atoms with van der Waals surface area (Å²) in [5.41, 5.74) is 1.65. The molecule has 0 saturated carbocycles. The minimum atomic E-state index is -3.86. The zero-order chi connectivity index (χ0) is 27.4. The summed E-state index contributed by atoms with van der Waals surface area (Å²) in [6, 6.07) is 14.7. The van der Waals surface area contributed by atoms with Gasteiger partial charge in [-0.25, -0.2) is 27.1 Å². The number of halogens is 2. The zero-order valence-corrected chi connectivity index (χ0v) is 21.9. The van der Waals surface area contributed by atoms with E-state index in [-0.39, 0.29) is 29.5 Å². The maximum Gasteiger partial charge on any atom is 0.434 e. The third-order valence-corrected chi connectivity index (χ3v) is 7.73. The van der Waals surface area contributed by atoms with Gasteiger partial charge in [-0.2, -0.15) is 0 Å². The van der Waals surface area contributed by atoms with E-state index in [0.29, 0.717) is 29.3 Å². The maximum atomic E-state index is 14.3. The van der Waals surface area contributed by atoms with Crippen molar-refractivity contribution in [2.24, 2.45) is 0 Å². The molecule has 1 N–H and O–H groups in total. The van der Waals surface area contributed by atoms with E-state index < -0.39 is 27.4 Å². The number of aromatic amines is 1. The molecule has 3 aromatic carbocycles. The molecular weight excluding hydrogens is 516 g/mol. The van der Waals surface area contributed by atoms with E-state index in [0.717, 1.165) is 23.8 Å². The van der Waals surface area contributed by atoms with Crippen molar-refractivity contribution in [3.8, 4) is 16.9 Å². The number of anilines is 1. The Hall–Kier alpha value is -3.99. The predicted molar refractivity (Wildman–Crippen MR) is 139 cm³/mol.